The minimum Gasteiger partial charge on any atom is -0.493 e. The van der Waals surface area contributed by atoms with Gasteiger partial charge in [-0.1, -0.05) is 0 Å². The molecule has 5 heteroatoms. The van der Waals surface area contributed by atoms with E-state index < -0.39 is 0 Å². The van der Waals surface area contributed by atoms with Gasteiger partial charge < -0.3 is 19.5 Å². The normalized spacial score (nSPS) is 15.8. The van der Waals surface area contributed by atoms with Crippen molar-refractivity contribution in [3.05, 3.63) is 23.3 Å². The summed E-state index contributed by atoms with van der Waals surface area (Å²) in [5.41, 5.74) is 1.55. The maximum Gasteiger partial charge on any atom is 0.338 e. The third kappa shape index (κ3) is 2.88. The van der Waals surface area contributed by atoms with Crippen molar-refractivity contribution in [3.8, 4) is 11.5 Å². The van der Waals surface area contributed by atoms with E-state index in [0.29, 0.717) is 23.0 Å². The molecule has 0 amide bonds. The van der Waals surface area contributed by atoms with Crippen LogP contribution in [0.5, 0.6) is 11.5 Å². The lowest BCUT2D eigenvalue weighted by atomic mass is 9.86. The molecule has 1 aromatic carbocycles. The molecule has 0 aromatic heterocycles. The molecule has 1 heterocycles. The molecule has 0 aliphatic carbocycles. The number of methoxy groups -OCH3 is 3. The zero-order chi connectivity index (χ0) is 14.5. The summed E-state index contributed by atoms with van der Waals surface area (Å²) in [5.74, 6) is 1.20. The number of nitrogens with one attached hydrogen (secondary N) is 1. The molecule has 1 saturated heterocycles. The molecule has 1 fully saturated rings. The van der Waals surface area contributed by atoms with Crippen LogP contribution in [0.4, 0.5) is 0 Å². The lowest BCUT2D eigenvalue weighted by molar-refractivity contribution is 0.0598. The summed E-state index contributed by atoms with van der Waals surface area (Å²) in [6.07, 6.45) is 2.00. The maximum atomic E-state index is 12.0. The first-order valence-corrected chi connectivity index (χ1v) is 6.76. The fourth-order valence-corrected chi connectivity index (χ4v) is 2.65. The molecular weight excluding hydrogens is 258 g/mol. The van der Waals surface area contributed by atoms with Gasteiger partial charge in [-0.2, -0.15) is 0 Å². The first-order chi connectivity index (χ1) is 9.71. The van der Waals surface area contributed by atoms with Gasteiger partial charge in [0.2, 0.25) is 0 Å². The number of benzene rings is 1. The lowest BCUT2D eigenvalue weighted by Gasteiger charge is -2.25. The van der Waals surface area contributed by atoms with E-state index in [9.17, 15) is 4.79 Å². The van der Waals surface area contributed by atoms with E-state index in [1.54, 1.807) is 20.3 Å². The van der Waals surface area contributed by atoms with Gasteiger partial charge in [0, 0.05) is 0 Å². The zero-order valence-corrected chi connectivity index (χ0v) is 12.2. The minimum absolute atomic E-state index is 0.334. The Kier molecular flexibility index (Phi) is 4.84. The molecule has 1 aliphatic heterocycles. The second kappa shape index (κ2) is 6.61. The summed E-state index contributed by atoms with van der Waals surface area (Å²) in [4.78, 5) is 12.0. The topological polar surface area (TPSA) is 56.8 Å². The highest BCUT2D eigenvalue weighted by molar-refractivity contribution is 5.92. The van der Waals surface area contributed by atoms with Crippen molar-refractivity contribution in [2.24, 2.45) is 0 Å². The van der Waals surface area contributed by atoms with Crippen LogP contribution in [0.2, 0.25) is 0 Å². The first-order valence-electron chi connectivity index (χ1n) is 6.76. The van der Waals surface area contributed by atoms with Crippen molar-refractivity contribution in [2.45, 2.75) is 18.8 Å². The molecule has 0 bridgehead atoms. The van der Waals surface area contributed by atoms with Gasteiger partial charge in [-0.25, -0.2) is 4.79 Å². The highest BCUT2D eigenvalue weighted by Crippen LogP contribution is 2.37. The maximum absolute atomic E-state index is 12.0. The SMILES string of the molecule is COC(=O)c1cc(OC)c(OC)cc1C1CCNCC1. The van der Waals surface area contributed by atoms with Gasteiger partial charge in [-0.05, 0) is 49.5 Å². The van der Waals surface area contributed by atoms with E-state index in [2.05, 4.69) is 5.32 Å². The van der Waals surface area contributed by atoms with Crippen LogP contribution in [-0.4, -0.2) is 40.4 Å². The van der Waals surface area contributed by atoms with Crippen LogP contribution in [0.25, 0.3) is 0 Å². The van der Waals surface area contributed by atoms with Crippen LogP contribution >= 0.6 is 0 Å². The summed E-state index contributed by atoms with van der Waals surface area (Å²) in [6, 6.07) is 3.61. The van der Waals surface area contributed by atoms with Crippen LogP contribution < -0.4 is 14.8 Å². The first kappa shape index (κ1) is 14.7. The summed E-state index contributed by atoms with van der Waals surface area (Å²) in [6.45, 7) is 1.92. The van der Waals surface area contributed by atoms with E-state index >= 15 is 0 Å². The molecule has 0 spiro atoms. The van der Waals surface area contributed by atoms with Gasteiger partial charge in [-0.3, -0.25) is 0 Å². The van der Waals surface area contributed by atoms with E-state index in [1.165, 1.54) is 7.11 Å². The van der Waals surface area contributed by atoms with Crippen molar-refractivity contribution in [2.75, 3.05) is 34.4 Å². The number of hydrogen-bond donors (Lipinski definition) is 1. The summed E-state index contributed by atoms with van der Waals surface area (Å²) in [7, 11) is 4.55. The number of ether oxygens (including phenoxy) is 3. The minimum atomic E-state index is -0.334. The van der Waals surface area contributed by atoms with Crippen LogP contribution in [0.15, 0.2) is 12.1 Å². The lowest BCUT2D eigenvalue weighted by Crippen LogP contribution is -2.27. The second-order valence-corrected chi connectivity index (χ2v) is 4.81. The third-order valence-corrected chi connectivity index (χ3v) is 3.74. The van der Waals surface area contributed by atoms with Gasteiger partial charge in [0.1, 0.15) is 0 Å². The van der Waals surface area contributed by atoms with Crippen LogP contribution in [0.3, 0.4) is 0 Å². The summed E-state index contributed by atoms with van der Waals surface area (Å²) < 4.78 is 15.5. The molecular formula is C15H21NO4. The molecule has 2 rings (SSSR count). The number of piperidine rings is 1. The van der Waals surface area contributed by atoms with Crippen molar-refractivity contribution in [1.82, 2.24) is 5.32 Å². The number of rotatable bonds is 4. The Morgan fingerprint density at radius 3 is 2.25 bits per heavy atom. The molecule has 5 nitrogen and oxygen atoms in total. The molecule has 1 aliphatic rings. The molecule has 0 saturated carbocycles. The van der Waals surface area contributed by atoms with Crippen molar-refractivity contribution >= 4 is 5.97 Å². The molecule has 0 atom stereocenters. The highest BCUT2D eigenvalue weighted by Gasteiger charge is 2.24. The van der Waals surface area contributed by atoms with Crippen molar-refractivity contribution < 1.29 is 19.0 Å². The van der Waals surface area contributed by atoms with Crippen molar-refractivity contribution in [1.29, 1.82) is 0 Å². The Morgan fingerprint density at radius 2 is 1.70 bits per heavy atom. The summed E-state index contributed by atoms with van der Waals surface area (Å²) >= 11 is 0. The van der Waals surface area contributed by atoms with Crippen molar-refractivity contribution in [3.63, 3.8) is 0 Å². The monoisotopic (exact) mass is 279 g/mol. The molecule has 1 N–H and O–H groups in total. The molecule has 0 radical (unpaired) electrons. The number of esters is 1. The molecule has 20 heavy (non-hydrogen) atoms. The molecule has 1 aromatic rings. The smallest absolute Gasteiger partial charge is 0.338 e. The largest absolute Gasteiger partial charge is 0.493 e. The summed E-state index contributed by atoms with van der Waals surface area (Å²) in [5, 5.41) is 3.33. The Bertz CT molecular complexity index is 481. The average molecular weight is 279 g/mol. The molecule has 110 valence electrons. The van der Waals surface area contributed by atoms with E-state index in [0.717, 1.165) is 31.5 Å². The Morgan fingerprint density at radius 1 is 1.10 bits per heavy atom. The van der Waals surface area contributed by atoms with Gasteiger partial charge in [0.15, 0.2) is 11.5 Å². The predicted molar refractivity (Wildman–Crippen MR) is 75.7 cm³/mol. The van der Waals surface area contributed by atoms with Gasteiger partial charge >= 0.3 is 5.97 Å². The van der Waals surface area contributed by atoms with Crippen LogP contribution in [0.1, 0.15) is 34.7 Å². The number of carbonyl (C=O) groups excluding carboxylic acids is 1. The number of carbonyl (C=O) groups is 1. The van der Waals surface area contributed by atoms with E-state index in [1.807, 2.05) is 6.07 Å². The quantitative estimate of drug-likeness (QED) is 0.854. The molecule has 0 unspecified atom stereocenters. The van der Waals surface area contributed by atoms with E-state index in [-0.39, 0.29) is 5.97 Å². The highest BCUT2D eigenvalue weighted by atomic mass is 16.5. The standard InChI is InChI=1S/C15H21NO4/c1-18-13-8-11(10-4-6-16-7-5-10)12(15(17)20-3)9-14(13)19-2/h8-10,16H,4-7H2,1-3H3. The van der Waals surface area contributed by atoms with Gasteiger partial charge in [0.25, 0.3) is 0 Å². The van der Waals surface area contributed by atoms with Gasteiger partial charge in [-0.15, -0.1) is 0 Å². The Hall–Kier alpha value is -1.75. The zero-order valence-electron chi connectivity index (χ0n) is 12.2. The fourth-order valence-electron chi connectivity index (χ4n) is 2.65. The Balaban J connectivity index is 2.47. The third-order valence-electron chi connectivity index (χ3n) is 3.74. The van der Waals surface area contributed by atoms with Gasteiger partial charge in [0.05, 0.1) is 26.9 Å². The predicted octanol–water partition coefficient (Wildman–Crippen LogP) is 1.96. The van der Waals surface area contributed by atoms with E-state index in [4.69, 9.17) is 14.2 Å². The van der Waals surface area contributed by atoms with Crippen LogP contribution in [-0.2, 0) is 4.74 Å². The fraction of sp³-hybridized carbons (Fsp3) is 0.533. The van der Waals surface area contributed by atoms with Crippen LogP contribution in [0, 0.1) is 0 Å². The number of hydrogen-bond acceptors (Lipinski definition) is 5. The Labute approximate surface area is 119 Å². The average Bonchev–Trinajstić information content (AvgIpc) is 2.53. The second-order valence-electron chi connectivity index (χ2n) is 4.81.